The lowest BCUT2D eigenvalue weighted by Gasteiger charge is -2.18. The van der Waals surface area contributed by atoms with Crippen LogP contribution in [-0.4, -0.2) is 32.0 Å². The summed E-state index contributed by atoms with van der Waals surface area (Å²) in [6, 6.07) is 13.2. The first-order valence-corrected chi connectivity index (χ1v) is 9.90. The van der Waals surface area contributed by atoms with Crippen molar-refractivity contribution in [3.05, 3.63) is 53.6 Å². The molecular weight excluding hydrogens is 356 g/mol. The molecule has 0 saturated carbocycles. The van der Waals surface area contributed by atoms with E-state index in [1.54, 1.807) is 0 Å². The van der Waals surface area contributed by atoms with Crippen molar-refractivity contribution in [2.24, 2.45) is 0 Å². The maximum absolute atomic E-state index is 12.2. The number of carbonyl (C=O) groups excluding carboxylic acids is 1. The number of benzene rings is 2. The Morgan fingerprint density at radius 2 is 2.00 bits per heavy atom. The number of ether oxygens (including phenoxy) is 3. The van der Waals surface area contributed by atoms with E-state index >= 15 is 0 Å². The lowest BCUT2D eigenvalue weighted by atomic mass is 10.0. The van der Waals surface area contributed by atoms with E-state index in [9.17, 15) is 4.79 Å². The molecule has 2 heterocycles. The molecule has 6 heteroatoms. The molecule has 2 aromatic carbocycles. The first-order chi connectivity index (χ1) is 13.8. The smallest absolute Gasteiger partial charge is 0.319 e. The van der Waals surface area contributed by atoms with Gasteiger partial charge in [-0.2, -0.15) is 0 Å². The van der Waals surface area contributed by atoms with Crippen LogP contribution in [0.5, 0.6) is 11.5 Å². The Kier molecular flexibility index (Phi) is 5.97. The van der Waals surface area contributed by atoms with Crippen molar-refractivity contribution in [1.29, 1.82) is 0 Å². The Morgan fingerprint density at radius 3 is 2.82 bits per heavy atom. The molecule has 2 aromatic rings. The third-order valence-corrected chi connectivity index (χ3v) is 5.00. The molecule has 0 aliphatic carbocycles. The van der Waals surface area contributed by atoms with Gasteiger partial charge in [0.25, 0.3) is 0 Å². The summed E-state index contributed by atoms with van der Waals surface area (Å²) in [5, 5.41) is 5.74. The molecule has 0 bridgehead atoms. The van der Waals surface area contributed by atoms with E-state index in [4.69, 9.17) is 14.2 Å². The van der Waals surface area contributed by atoms with Crippen molar-refractivity contribution in [1.82, 2.24) is 5.32 Å². The molecular formula is C22H26N2O4. The standard InChI is InChI=1S/C22H26N2O4/c25-22(23-14-16-5-10-21-17(13-16)3-1-12-27-21)24-18-6-8-19(9-7-18)28-15-20-4-2-11-26-20/h5-10,13,20H,1-4,11-12,14-15H2,(H2,23,24,25)/t20-/m1/s1. The van der Waals surface area contributed by atoms with Crippen LogP contribution in [0.25, 0.3) is 0 Å². The molecule has 2 amide bonds. The normalized spacial score (nSPS) is 18.1. The minimum atomic E-state index is -0.234. The zero-order chi connectivity index (χ0) is 19.2. The zero-order valence-corrected chi connectivity index (χ0v) is 15.9. The van der Waals surface area contributed by atoms with Gasteiger partial charge in [0.1, 0.15) is 18.1 Å². The van der Waals surface area contributed by atoms with Gasteiger partial charge in [-0.1, -0.05) is 12.1 Å². The number of nitrogens with one attached hydrogen (secondary N) is 2. The van der Waals surface area contributed by atoms with E-state index in [0.29, 0.717) is 13.2 Å². The third-order valence-electron chi connectivity index (χ3n) is 5.00. The summed E-state index contributed by atoms with van der Waals surface area (Å²) < 4.78 is 16.9. The fourth-order valence-corrected chi connectivity index (χ4v) is 3.48. The fourth-order valence-electron chi connectivity index (χ4n) is 3.48. The summed E-state index contributed by atoms with van der Waals surface area (Å²) >= 11 is 0. The van der Waals surface area contributed by atoms with E-state index < -0.39 is 0 Å². The van der Waals surface area contributed by atoms with Gasteiger partial charge in [-0.05, 0) is 67.1 Å². The number of fused-ring (bicyclic) bond motifs is 1. The summed E-state index contributed by atoms with van der Waals surface area (Å²) in [7, 11) is 0. The molecule has 0 spiro atoms. The highest BCUT2D eigenvalue weighted by Gasteiger charge is 2.16. The lowest BCUT2D eigenvalue weighted by molar-refractivity contribution is 0.0679. The van der Waals surface area contributed by atoms with Gasteiger partial charge in [-0.15, -0.1) is 0 Å². The first kappa shape index (κ1) is 18.6. The van der Waals surface area contributed by atoms with Crippen molar-refractivity contribution < 1.29 is 19.0 Å². The topological polar surface area (TPSA) is 68.8 Å². The molecule has 2 N–H and O–H groups in total. The Hall–Kier alpha value is -2.73. The summed E-state index contributed by atoms with van der Waals surface area (Å²) in [5.41, 5.74) is 3.00. The van der Waals surface area contributed by atoms with Gasteiger partial charge in [-0.25, -0.2) is 4.79 Å². The second-order valence-corrected chi connectivity index (χ2v) is 7.17. The van der Waals surface area contributed by atoms with Crippen LogP contribution >= 0.6 is 0 Å². The maximum Gasteiger partial charge on any atom is 0.319 e. The highest BCUT2D eigenvalue weighted by atomic mass is 16.5. The van der Waals surface area contributed by atoms with Crippen LogP contribution in [0.2, 0.25) is 0 Å². The van der Waals surface area contributed by atoms with Gasteiger partial charge < -0.3 is 24.8 Å². The molecule has 148 valence electrons. The lowest BCUT2D eigenvalue weighted by Crippen LogP contribution is -2.28. The Bertz CT molecular complexity index is 801. The minimum Gasteiger partial charge on any atom is -0.493 e. The summed E-state index contributed by atoms with van der Waals surface area (Å²) in [6.07, 6.45) is 4.41. The molecule has 1 atom stereocenters. The minimum absolute atomic E-state index is 0.193. The van der Waals surface area contributed by atoms with Crippen molar-refractivity contribution in [2.45, 2.75) is 38.3 Å². The predicted molar refractivity (Wildman–Crippen MR) is 107 cm³/mol. The number of amides is 2. The summed E-state index contributed by atoms with van der Waals surface area (Å²) in [4.78, 5) is 12.2. The van der Waals surface area contributed by atoms with Crippen LogP contribution in [0.4, 0.5) is 10.5 Å². The SMILES string of the molecule is O=C(NCc1ccc2c(c1)CCCO2)Nc1ccc(OC[C@H]2CCCO2)cc1. The van der Waals surface area contributed by atoms with E-state index in [2.05, 4.69) is 16.7 Å². The maximum atomic E-state index is 12.2. The average molecular weight is 382 g/mol. The van der Waals surface area contributed by atoms with Gasteiger partial charge in [0.2, 0.25) is 0 Å². The van der Waals surface area contributed by atoms with E-state index in [-0.39, 0.29) is 12.1 Å². The quantitative estimate of drug-likeness (QED) is 0.795. The number of rotatable bonds is 6. The van der Waals surface area contributed by atoms with Gasteiger partial charge in [0.15, 0.2) is 0 Å². The van der Waals surface area contributed by atoms with E-state index in [1.165, 1.54) is 5.56 Å². The second-order valence-electron chi connectivity index (χ2n) is 7.17. The molecule has 28 heavy (non-hydrogen) atoms. The van der Waals surface area contributed by atoms with Crippen molar-refractivity contribution in [2.75, 3.05) is 25.1 Å². The van der Waals surface area contributed by atoms with Crippen LogP contribution in [0.15, 0.2) is 42.5 Å². The van der Waals surface area contributed by atoms with Crippen LogP contribution in [0.3, 0.4) is 0 Å². The predicted octanol–water partition coefficient (Wildman–Crippen LogP) is 3.89. The van der Waals surface area contributed by atoms with Crippen LogP contribution in [-0.2, 0) is 17.7 Å². The van der Waals surface area contributed by atoms with Crippen molar-refractivity contribution in [3.8, 4) is 11.5 Å². The third kappa shape index (κ3) is 4.95. The highest BCUT2D eigenvalue weighted by Crippen LogP contribution is 2.25. The largest absolute Gasteiger partial charge is 0.493 e. The Labute approximate surface area is 165 Å². The van der Waals surface area contributed by atoms with Gasteiger partial charge in [-0.3, -0.25) is 0 Å². The molecule has 6 nitrogen and oxygen atoms in total. The van der Waals surface area contributed by atoms with Crippen LogP contribution in [0.1, 0.15) is 30.4 Å². The van der Waals surface area contributed by atoms with E-state index in [1.807, 2.05) is 36.4 Å². The average Bonchev–Trinajstić information content (AvgIpc) is 3.25. The second kappa shape index (κ2) is 8.97. The first-order valence-electron chi connectivity index (χ1n) is 9.90. The van der Waals surface area contributed by atoms with Crippen molar-refractivity contribution >= 4 is 11.7 Å². The van der Waals surface area contributed by atoms with Crippen LogP contribution < -0.4 is 20.1 Å². The molecule has 0 unspecified atom stereocenters. The zero-order valence-electron chi connectivity index (χ0n) is 15.9. The van der Waals surface area contributed by atoms with Crippen molar-refractivity contribution in [3.63, 3.8) is 0 Å². The monoisotopic (exact) mass is 382 g/mol. The molecule has 0 aromatic heterocycles. The molecule has 1 saturated heterocycles. The van der Waals surface area contributed by atoms with Gasteiger partial charge in [0, 0.05) is 18.8 Å². The number of urea groups is 1. The molecule has 2 aliphatic heterocycles. The number of carbonyl (C=O) groups is 1. The molecule has 0 radical (unpaired) electrons. The number of hydrogen-bond acceptors (Lipinski definition) is 4. The van der Waals surface area contributed by atoms with E-state index in [0.717, 1.165) is 61.6 Å². The molecule has 1 fully saturated rings. The molecule has 2 aliphatic rings. The summed E-state index contributed by atoms with van der Waals surface area (Å²) in [5.74, 6) is 1.74. The molecule has 4 rings (SSSR count). The fraction of sp³-hybridized carbons (Fsp3) is 0.409. The number of aryl methyl sites for hydroxylation is 1. The van der Waals surface area contributed by atoms with Gasteiger partial charge >= 0.3 is 6.03 Å². The highest BCUT2D eigenvalue weighted by molar-refractivity contribution is 5.89. The van der Waals surface area contributed by atoms with Gasteiger partial charge in [0.05, 0.1) is 12.7 Å². The summed E-state index contributed by atoms with van der Waals surface area (Å²) in [6.45, 7) is 2.65. The number of anilines is 1. The van der Waals surface area contributed by atoms with Crippen LogP contribution in [0, 0.1) is 0 Å². The Balaban J connectivity index is 1.23. The Morgan fingerprint density at radius 1 is 1.11 bits per heavy atom. The number of hydrogen-bond donors (Lipinski definition) is 2.